The number of carbonyl (C=O) groups excluding carboxylic acids is 2. The number of nitrogens with zero attached hydrogens (tertiary/aromatic N) is 1. The second-order valence-corrected chi connectivity index (χ2v) is 7.35. The third kappa shape index (κ3) is 4.23. The Kier molecular flexibility index (Phi) is 5.30. The first kappa shape index (κ1) is 16.7. The number of thiophene rings is 1. The number of carbonyl (C=O) groups is 2. The Bertz CT molecular complexity index is 703. The van der Waals surface area contributed by atoms with Crippen LogP contribution in [0, 0.1) is 5.92 Å². The number of amides is 2. The van der Waals surface area contributed by atoms with Crippen LogP contribution in [-0.4, -0.2) is 29.8 Å². The van der Waals surface area contributed by atoms with Gasteiger partial charge in [-0.15, -0.1) is 11.3 Å². The fraction of sp³-hybridized carbons (Fsp3) is 0.368. The summed E-state index contributed by atoms with van der Waals surface area (Å²) in [4.78, 5) is 26.3. The molecule has 5 heteroatoms. The predicted molar refractivity (Wildman–Crippen MR) is 97.4 cm³/mol. The summed E-state index contributed by atoms with van der Waals surface area (Å²) in [6.45, 7) is 3.09. The molecule has 0 atom stereocenters. The summed E-state index contributed by atoms with van der Waals surface area (Å²) in [5.41, 5.74) is 1.38. The second kappa shape index (κ2) is 7.62. The number of nitrogens with one attached hydrogen (secondary N) is 1. The Morgan fingerprint density at radius 1 is 1.12 bits per heavy atom. The highest BCUT2D eigenvalue weighted by Crippen LogP contribution is 2.26. The molecule has 1 aliphatic rings. The molecule has 0 spiro atoms. The van der Waals surface area contributed by atoms with Crippen molar-refractivity contribution in [1.82, 2.24) is 4.90 Å². The van der Waals surface area contributed by atoms with Crippen molar-refractivity contribution < 1.29 is 9.59 Å². The van der Waals surface area contributed by atoms with Crippen LogP contribution in [0.3, 0.4) is 0 Å². The van der Waals surface area contributed by atoms with Gasteiger partial charge in [0.05, 0.1) is 9.88 Å². The van der Waals surface area contributed by atoms with E-state index in [1.807, 2.05) is 11.0 Å². The van der Waals surface area contributed by atoms with Gasteiger partial charge in [0.25, 0.3) is 5.91 Å². The normalized spacial score (nSPS) is 15.3. The van der Waals surface area contributed by atoms with Crippen molar-refractivity contribution in [2.45, 2.75) is 26.2 Å². The highest BCUT2D eigenvalue weighted by atomic mass is 32.1. The van der Waals surface area contributed by atoms with Gasteiger partial charge < -0.3 is 10.2 Å². The van der Waals surface area contributed by atoms with E-state index in [4.69, 9.17) is 0 Å². The van der Waals surface area contributed by atoms with Crippen LogP contribution in [0.2, 0.25) is 0 Å². The van der Waals surface area contributed by atoms with Crippen LogP contribution < -0.4 is 5.32 Å². The van der Waals surface area contributed by atoms with E-state index in [1.54, 1.807) is 12.1 Å². The zero-order valence-corrected chi connectivity index (χ0v) is 14.6. The molecule has 2 aromatic rings. The van der Waals surface area contributed by atoms with E-state index >= 15 is 0 Å². The number of anilines is 1. The van der Waals surface area contributed by atoms with Gasteiger partial charge in [-0.05, 0) is 42.9 Å². The summed E-state index contributed by atoms with van der Waals surface area (Å²) in [5, 5.41) is 3.45. The number of hydrogen-bond acceptors (Lipinski definition) is 3. The lowest BCUT2D eigenvalue weighted by molar-refractivity contribution is -0.114. The van der Waals surface area contributed by atoms with Crippen molar-refractivity contribution in [1.29, 1.82) is 0 Å². The molecular formula is C19H22N2O2S. The topological polar surface area (TPSA) is 49.4 Å². The van der Waals surface area contributed by atoms with E-state index in [-0.39, 0.29) is 11.8 Å². The van der Waals surface area contributed by atoms with Gasteiger partial charge in [-0.2, -0.15) is 0 Å². The maximum atomic E-state index is 12.6. The highest BCUT2D eigenvalue weighted by molar-refractivity contribution is 7.18. The first-order chi connectivity index (χ1) is 11.6. The predicted octanol–water partition coefficient (Wildman–Crippen LogP) is 3.80. The third-order valence-electron chi connectivity index (χ3n) is 4.38. The van der Waals surface area contributed by atoms with E-state index in [2.05, 4.69) is 29.6 Å². The van der Waals surface area contributed by atoms with Crippen molar-refractivity contribution in [3.8, 4) is 0 Å². The molecule has 1 saturated heterocycles. The summed E-state index contributed by atoms with van der Waals surface area (Å²) in [6, 6.07) is 14.1. The summed E-state index contributed by atoms with van der Waals surface area (Å²) in [7, 11) is 0. The fourth-order valence-corrected chi connectivity index (χ4v) is 4.06. The molecule has 1 aromatic carbocycles. The molecule has 0 aliphatic carbocycles. The van der Waals surface area contributed by atoms with Crippen molar-refractivity contribution in [2.75, 3.05) is 18.4 Å². The van der Waals surface area contributed by atoms with Gasteiger partial charge in [0, 0.05) is 20.0 Å². The SMILES string of the molecule is CC(=O)Nc1ccc(C(=O)N2CCC(Cc3ccccc3)CC2)s1. The van der Waals surface area contributed by atoms with E-state index in [9.17, 15) is 9.59 Å². The second-order valence-electron chi connectivity index (χ2n) is 6.27. The lowest BCUT2D eigenvalue weighted by Gasteiger charge is -2.31. The highest BCUT2D eigenvalue weighted by Gasteiger charge is 2.24. The standard InChI is InChI=1S/C19H22N2O2S/c1-14(22)20-18-8-7-17(24-18)19(23)21-11-9-16(10-12-21)13-15-5-3-2-4-6-15/h2-8,16H,9-13H2,1H3,(H,20,22). The Morgan fingerprint density at radius 3 is 2.50 bits per heavy atom. The molecule has 1 aromatic heterocycles. The van der Waals surface area contributed by atoms with Crippen LogP contribution in [0.4, 0.5) is 5.00 Å². The van der Waals surface area contributed by atoms with Crippen LogP contribution in [0.15, 0.2) is 42.5 Å². The lowest BCUT2D eigenvalue weighted by atomic mass is 9.90. The average molecular weight is 342 g/mol. The van der Waals surface area contributed by atoms with Crippen LogP contribution >= 0.6 is 11.3 Å². The smallest absolute Gasteiger partial charge is 0.263 e. The zero-order valence-electron chi connectivity index (χ0n) is 13.8. The molecule has 3 rings (SSSR count). The van der Waals surface area contributed by atoms with E-state index in [0.717, 1.165) is 37.4 Å². The molecule has 1 aliphatic heterocycles. The Balaban J connectivity index is 1.53. The number of benzene rings is 1. The molecule has 24 heavy (non-hydrogen) atoms. The molecule has 2 heterocycles. The number of hydrogen-bond donors (Lipinski definition) is 1. The van der Waals surface area contributed by atoms with Crippen molar-refractivity contribution in [3.05, 3.63) is 52.9 Å². The maximum Gasteiger partial charge on any atom is 0.263 e. The largest absolute Gasteiger partial charge is 0.338 e. The van der Waals surface area contributed by atoms with Gasteiger partial charge in [-0.25, -0.2) is 0 Å². The van der Waals surface area contributed by atoms with Gasteiger partial charge in [-0.3, -0.25) is 9.59 Å². The van der Waals surface area contributed by atoms with Crippen LogP contribution in [-0.2, 0) is 11.2 Å². The van der Waals surface area contributed by atoms with Crippen molar-refractivity contribution in [3.63, 3.8) is 0 Å². The van der Waals surface area contributed by atoms with E-state index in [0.29, 0.717) is 10.8 Å². The number of piperidine rings is 1. The zero-order chi connectivity index (χ0) is 16.9. The minimum Gasteiger partial charge on any atom is -0.338 e. The average Bonchev–Trinajstić information content (AvgIpc) is 3.03. The fourth-order valence-electron chi connectivity index (χ4n) is 3.14. The Labute approximate surface area is 146 Å². The molecule has 0 radical (unpaired) electrons. The Hall–Kier alpha value is -2.14. The molecule has 0 unspecified atom stereocenters. The van der Waals surface area contributed by atoms with Gasteiger partial charge in [0.1, 0.15) is 0 Å². The molecular weight excluding hydrogens is 320 g/mol. The lowest BCUT2D eigenvalue weighted by Crippen LogP contribution is -2.38. The molecule has 4 nitrogen and oxygen atoms in total. The monoisotopic (exact) mass is 342 g/mol. The Morgan fingerprint density at radius 2 is 1.83 bits per heavy atom. The quantitative estimate of drug-likeness (QED) is 0.919. The molecule has 0 saturated carbocycles. The molecule has 1 fully saturated rings. The molecule has 2 amide bonds. The van der Waals surface area contributed by atoms with Gasteiger partial charge >= 0.3 is 0 Å². The molecule has 0 bridgehead atoms. The summed E-state index contributed by atoms with van der Waals surface area (Å²) >= 11 is 1.34. The van der Waals surface area contributed by atoms with Gasteiger partial charge in [0.2, 0.25) is 5.91 Å². The third-order valence-corrected chi connectivity index (χ3v) is 5.37. The summed E-state index contributed by atoms with van der Waals surface area (Å²) in [6.07, 6.45) is 3.18. The van der Waals surface area contributed by atoms with Crippen molar-refractivity contribution in [2.24, 2.45) is 5.92 Å². The first-order valence-corrected chi connectivity index (χ1v) is 9.14. The van der Waals surface area contributed by atoms with Gasteiger partial charge in [0.15, 0.2) is 0 Å². The van der Waals surface area contributed by atoms with Crippen LogP contribution in [0.25, 0.3) is 0 Å². The van der Waals surface area contributed by atoms with E-state index < -0.39 is 0 Å². The summed E-state index contributed by atoms with van der Waals surface area (Å²) in [5.74, 6) is 0.613. The first-order valence-electron chi connectivity index (χ1n) is 8.32. The van der Waals surface area contributed by atoms with Crippen molar-refractivity contribution >= 4 is 28.2 Å². The van der Waals surface area contributed by atoms with E-state index in [1.165, 1.54) is 23.8 Å². The molecule has 1 N–H and O–H groups in total. The number of likely N-dealkylation sites (tertiary alicyclic amines) is 1. The molecule has 126 valence electrons. The van der Waals surface area contributed by atoms with Crippen LogP contribution in [0.5, 0.6) is 0 Å². The number of rotatable bonds is 4. The minimum atomic E-state index is -0.113. The maximum absolute atomic E-state index is 12.6. The van der Waals surface area contributed by atoms with Gasteiger partial charge in [-0.1, -0.05) is 30.3 Å². The van der Waals surface area contributed by atoms with Crippen LogP contribution in [0.1, 0.15) is 35.0 Å². The summed E-state index contributed by atoms with van der Waals surface area (Å²) < 4.78 is 0. The minimum absolute atomic E-state index is 0.0785.